The molecule has 0 amide bonds. The number of aryl methyl sites for hydroxylation is 1. The van der Waals surface area contributed by atoms with Crippen LogP contribution in [0.1, 0.15) is 18.4 Å². The molecule has 0 saturated carbocycles. The Balaban J connectivity index is 2.00. The van der Waals surface area contributed by atoms with Crippen LogP contribution >= 0.6 is 0 Å². The smallest absolute Gasteiger partial charge is 0.161 e. The molecule has 0 atom stereocenters. The number of rotatable bonds is 2. The lowest BCUT2D eigenvalue weighted by atomic mass is 10.00. The number of ketones is 1. The molecule has 108 valence electrons. The van der Waals surface area contributed by atoms with Crippen LogP contribution in [-0.4, -0.2) is 28.5 Å². The summed E-state index contributed by atoms with van der Waals surface area (Å²) in [5.74, 6) is 0.184. The van der Waals surface area contributed by atoms with Crippen molar-refractivity contribution >= 4 is 11.9 Å². The highest BCUT2D eigenvalue weighted by molar-refractivity contribution is 6.00. The molecule has 3 rings (SSSR count). The van der Waals surface area contributed by atoms with Crippen molar-refractivity contribution < 1.29 is 9.53 Å². The van der Waals surface area contributed by atoms with Gasteiger partial charge in [-0.3, -0.25) is 4.79 Å². The molecule has 0 bridgehead atoms. The predicted octanol–water partition coefficient (Wildman–Crippen LogP) is 2.85. The topological polar surface area (TPSA) is 44.1 Å². The first-order chi connectivity index (χ1) is 10.2. The summed E-state index contributed by atoms with van der Waals surface area (Å²) in [6.07, 6.45) is 7.06. The van der Waals surface area contributed by atoms with E-state index in [2.05, 4.69) is 4.98 Å². The van der Waals surface area contributed by atoms with Gasteiger partial charge >= 0.3 is 0 Å². The van der Waals surface area contributed by atoms with E-state index in [1.807, 2.05) is 48.2 Å². The van der Waals surface area contributed by atoms with Crippen molar-refractivity contribution in [2.75, 3.05) is 13.2 Å². The maximum Gasteiger partial charge on any atom is 0.161 e. The van der Waals surface area contributed by atoms with Gasteiger partial charge in [-0.1, -0.05) is 24.3 Å². The Hall–Kier alpha value is -2.20. The minimum Gasteiger partial charge on any atom is -0.377 e. The van der Waals surface area contributed by atoms with Gasteiger partial charge in [0.05, 0.1) is 18.6 Å². The summed E-state index contributed by atoms with van der Waals surface area (Å²) in [7, 11) is 1.94. The van der Waals surface area contributed by atoms with Gasteiger partial charge in [0.15, 0.2) is 5.78 Å². The maximum atomic E-state index is 12.1. The van der Waals surface area contributed by atoms with Crippen LogP contribution in [0.5, 0.6) is 0 Å². The van der Waals surface area contributed by atoms with Crippen molar-refractivity contribution in [3.05, 3.63) is 47.9 Å². The number of carbonyl (C=O) groups excluding carboxylic acids is 1. The molecule has 0 unspecified atom stereocenters. The van der Waals surface area contributed by atoms with Crippen LogP contribution in [0.4, 0.5) is 0 Å². The van der Waals surface area contributed by atoms with Crippen molar-refractivity contribution in [1.82, 2.24) is 9.55 Å². The third-order valence-corrected chi connectivity index (χ3v) is 3.58. The Morgan fingerprint density at radius 2 is 2.19 bits per heavy atom. The van der Waals surface area contributed by atoms with Gasteiger partial charge in [0.25, 0.3) is 0 Å². The third-order valence-electron chi connectivity index (χ3n) is 3.58. The number of hydrogen-bond donors (Lipinski definition) is 0. The fourth-order valence-corrected chi connectivity index (χ4v) is 2.48. The molecule has 1 fully saturated rings. The zero-order chi connectivity index (χ0) is 14.7. The highest BCUT2D eigenvalue weighted by atomic mass is 16.5. The van der Waals surface area contributed by atoms with E-state index >= 15 is 0 Å². The molecule has 1 aromatic carbocycles. The maximum absolute atomic E-state index is 12.1. The van der Waals surface area contributed by atoms with E-state index < -0.39 is 0 Å². The molecule has 2 aromatic rings. The molecule has 4 nitrogen and oxygen atoms in total. The highest BCUT2D eigenvalue weighted by Gasteiger charge is 2.15. The fourth-order valence-electron chi connectivity index (χ4n) is 2.48. The summed E-state index contributed by atoms with van der Waals surface area (Å²) in [6, 6.07) is 7.99. The molecule has 1 aliphatic heterocycles. The average Bonchev–Trinajstić information content (AvgIpc) is 2.82. The largest absolute Gasteiger partial charge is 0.377 e. The number of imidazole rings is 1. The standard InChI is InChI=1S/C17H18N2O2/c1-19-10-16(18-12-19)15-6-3-2-5-13(15)9-14-11-21-8-4-7-17(14)20/h2-3,5-6,9-10,12H,4,7-8,11H2,1H3/b14-9+. The molecule has 0 N–H and O–H groups in total. The van der Waals surface area contributed by atoms with Crippen molar-refractivity contribution in [3.8, 4) is 11.3 Å². The van der Waals surface area contributed by atoms with Gasteiger partial charge in [0.2, 0.25) is 0 Å². The van der Waals surface area contributed by atoms with E-state index in [1.165, 1.54) is 0 Å². The Kier molecular flexibility index (Phi) is 3.97. The van der Waals surface area contributed by atoms with Gasteiger partial charge in [0.1, 0.15) is 0 Å². The van der Waals surface area contributed by atoms with Crippen LogP contribution in [0.25, 0.3) is 17.3 Å². The Labute approximate surface area is 124 Å². The molecule has 0 radical (unpaired) electrons. The van der Waals surface area contributed by atoms with Gasteiger partial charge in [-0.25, -0.2) is 4.98 Å². The fraction of sp³-hybridized carbons (Fsp3) is 0.294. The van der Waals surface area contributed by atoms with Crippen molar-refractivity contribution in [2.45, 2.75) is 12.8 Å². The molecule has 2 heterocycles. The molecule has 0 aliphatic carbocycles. The predicted molar refractivity (Wildman–Crippen MR) is 81.7 cm³/mol. The lowest BCUT2D eigenvalue weighted by Gasteiger charge is -2.06. The van der Waals surface area contributed by atoms with E-state index in [-0.39, 0.29) is 5.78 Å². The van der Waals surface area contributed by atoms with Crippen LogP contribution in [-0.2, 0) is 16.6 Å². The van der Waals surface area contributed by atoms with Gasteiger partial charge in [-0.05, 0) is 18.1 Å². The van der Waals surface area contributed by atoms with E-state index in [1.54, 1.807) is 6.33 Å². The number of nitrogens with zero attached hydrogens (tertiary/aromatic N) is 2. The Bertz CT molecular complexity index is 686. The number of ether oxygens (including phenoxy) is 1. The lowest BCUT2D eigenvalue weighted by Crippen LogP contribution is -2.04. The van der Waals surface area contributed by atoms with Crippen LogP contribution in [0, 0.1) is 0 Å². The lowest BCUT2D eigenvalue weighted by molar-refractivity contribution is -0.115. The second-order valence-corrected chi connectivity index (χ2v) is 5.26. The van der Waals surface area contributed by atoms with Crippen LogP contribution < -0.4 is 0 Å². The Morgan fingerprint density at radius 1 is 1.33 bits per heavy atom. The molecule has 1 aliphatic rings. The molecule has 21 heavy (non-hydrogen) atoms. The normalized spacial score (nSPS) is 18.0. The SMILES string of the molecule is Cn1cnc(-c2ccccc2/C=C2\COCCCC2=O)c1. The molecule has 1 aromatic heterocycles. The summed E-state index contributed by atoms with van der Waals surface area (Å²) in [6.45, 7) is 1.06. The third kappa shape index (κ3) is 3.11. The first kappa shape index (κ1) is 13.8. The van der Waals surface area contributed by atoms with Gasteiger partial charge in [-0.2, -0.15) is 0 Å². The highest BCUT2D eigenvalue weighted by Crippen LogP contribution is 2.25. The summed E-state index contributed by atoms with van der Waals surface area (Å²) in [5, 5.41) is 0. The van der Waals surface area contributed by atoms with Crippen LogP contribution in [0.15, 0.2) is 42.4 Å². The minimum atomic E-state index is 0.184. The number of carbonyl (C=O) groups is 1. The van der Waals surface area contributed by atoms with Gasteiger partial charge < -0.3 is 9.30 Å². The number of Topliss-reactive ketones (excluding diaryl/α,β-unsaturated/α-hetero) is 1. The number of hydrogen-bond acceptors (Lipinski definition) is 3. The molecular weight excluding hydrogens is 264 g/mol. The second-order valence-electron chi connectivity index (χ2n) is 5.26. The Morgan fingerprint density at radius 3 is 3.00 bits per heavy atom. The van der Waals surface area contributed by atoms with Crippen LogP contribution in [0.2, 0.25) is 0 Å². The molecule has 0 spiro atoms. The molecular formula is C17H18N2O2. The van der Waals surface area contributed by atoms with Gasteiger partial charge in [0, 0.05) is 37.4 Å². The first-order valence-electron chi connectivity index (χ1n) is 7.13. The zero-order valence-electron chi connectivity index (χ0n) is 12.1. The second kappa shape index (κ2) is 6.06. The first-order valence-corrected chi connectivity index (χ1v) is 7.13. The summed E-state index contributed by atoms with van der Waals surface area (Å²) in [4.78, 5) is 16.5. The monoisotopic (exact) mass is 282 g/mol. The summed E-state index contributed by atoms with van der Waals surface area (Å²) >= 11 is 0. The zero-order valence-corrected chi connectivity index (χ0v) is 12.1. The molecule has 4 heteroatoms. The minimum absolute atomic E-state index is 0.184. The van der Waals surface area contributed by atoms with Crippen molar-refractivity contribution in [2.24, 2.45) is 7.05 Å². The van der Waals surface area contributed by atoms with E-state index in [9.17, 15) is 4.79 Å². The molecule has 1 saturated heterocycles. The quantitative estimate of drug-likeness (QED) is 0.796. The van der Waals surface area contributed by atoms with E-state index in [4.69, 9.17) is 4.74 Å². The number of aromatic nitrogens is 2. The number of benzene rings is 1. The van der Waals surface area contributed by atoms with Crippen molar-refractivity contribution in [1.29, 1.82) is 0 Å². The average molecular weight is 282 g/mol. The van der Waals surface area contributed by atoms with E-state index in [0.29, 0.717) is 19.6 Å². The summed E-state index contributed by atoms with van der Waals surface area (Å²) in [5.41, 5.74) is 3.69. The summed E-state index contributed by atoms with van der Waals surface area (Å²) < 4.78 is 7.41. The van der Waals surface area contributed by atoms with Gasteiger partial charge in [-0.15, -0.1) is 0 Å². The van der Waals surface area contributed by atoms with Crippen molar-refractivity contribution in [3.63, 3.8) is 0 Å². The van der Waals surface area contributed by atoms with E-state index in [0.717, 1.165) is 28.8 Å². The van der Waals surface area contributed by atoms with Crippen LogP contribution in [0.3, 0.4) is 0 Å².